The number of urea groups is 1. The molecule has 176 valence electrons. The second-order valence-corrected chi connectivity index (χ2v) is 6.83. The summed E-state index contributed by atoms with van der Waals surface area (Å²) in [6.45, 7) is 0. The van der Waals surface area contributed by atoms with Gasteiger partial charge >= 0.3 is 18.6 Å². The number of halogens is 6. The van der Waals surface area contributed by atoms with Crippen LogP contribution < -0.4 is 15.4 Å². The van der Waals surface area contributed by atoms with Crippen molar-refractivity contribution < 1.29 is 35.9 Å². The maximum Gasteiger partial charge on any atom is 0.573 e. The fourth-order valence-corrected chi connectivity index (χ4v) is 3.04. The SMILES string of the molecule is O=C(Nc1ccc(OC(F)(F)F)cc1)Nc1c(-c2ccc(C(F)(F)F)cc2)nc2ncccn12. The number of benzene rings is 2. The number of amides is 2. The number of hydrogen-bond donors (Lipinski definition) is 2. The fourth-order valence-electron chi connectivity index (χ4n) is 3.04. The van der Waals surface area contributed by atoms with E-state index in [0.717, 1.165) is 24.3 Å². The van der Waals surface area contributed by atoms with E-state index in [1.807, 2.05) is 0 Å². The van der Waals surface area contributed by atoms with E-state index in [-0.39, 0.29) is 23.0 Å². The summed E-state index contributed by atoms with van der Waals surface area (Å²) in [6, 6.07) is 9.45. The Bertz CT molecular complexity index is 1310. The van der Waals surface area contributed by atoms with E-state index in [0.29, 0.717) is 5.56 Å². The molecule has 4 rings (SSSR count). The first-order valence-electron chi connectivity index (χ1n) is 9.44. The quantitative estimate of drug-likeness (QED) is 0.353. The third-order valence-electron chi connectivity index (χ3n) is 4.47. The number of nitrogens with zero attached hydrogens (tertiary/aromatic N) is 3. The van der Waals surface area contributed by atoms with Crippen LogP contribution in [0.15, 0.2) is 67.0 Å². The number of carbonyl (C=O) groups is 1. The summed E-state index contributed by atoms with van der Waals surface area (Å²) in [4.78, 5) is 20.9. The monoisotopic (exact) mass is 481 g/mol. The van der Waals surface area contributed by atoms with Crippen LogP contribution in [0.4, 0.5) is 42.6 Å². The summed E-state index contributed by atoms with van der Waals surface area (Å²) in [5.41, 5.74) is -0.225. The average molecular weight is 481 g/mol. The molecule has 0 aliphatic heterocycles. The van der Waals surface area contributed by atoms with Gasteiger partial charge in [-0.2, -0.15) is 13.2 Å². The molecule has 7 nitrogen and oxygen atoms in total. The van der Waals surface area contributed by atoms with Gasteiger partial charge in [-0.15, -0.1) is 13.2 Å². The second-order valence-electron chi connectivity index (χ2n) is 6.83. The molecule has 2 aromatic heterocycles. The van der Waals surface area contributed by atoms with Crippen molar-refractivity contribution in [2.75, 3.05) is 10.6 Å². The number of hydrogen-bond acceptors (Lipinski definition) is 4. The van der Waals surface area contributed by atoms with Gasteiger partial charge in [-0.3, -0.25) is 9.72 Å². The van der Waals surface area contributed by atoms with E-state index < -0.39 is 29.9 Å². The van der Waals surface area contributed by atoms with Gasteiger partial charge in [-0.1, -0.05) is 12.1 Å². The first kappa shape index (κ1) is 22.9. The number of carbonyl (C=O) groups excluding carboxylic acids is 1. The van der Waals surface area contributed by atoms with Gasteiger partial charge in [0.1, 0.15) is 17.3 Å². The van der Waals surface area contributed by atoms with Crippen LogP contribution in [0.1, 0.15) is 5.56 Å². The van der Waals surface area contributed by atoms with Gasteiger partial charge in [-0.05, 0) is 42.5 Å². The highest BCUT2D eigenvalue weighted by Gasteiger charge is 2.31. The molecule has 13 heteroatoms. The number of aromatic nitrogens is 3. The highest BCUT2D eigenvalue weighted by molar-refractivity contribution is 6.01. The summed E-state index contributed by atoms with van der Waals surface area (Å²) < 4.78 is 80.7. The molecule has 0 atom stereocenters. The van der Waals surface area contributed by atoms with Crippen LogP contribution in [0, 0.1) is 0 Å². The largest absolute Gasteiger partial charge is 0.573 e. The van der Waals surface area contributed by atoms with Crippen LogP contribution in [-0.4, -0.2) is 26.8 Å². The third-order valence-corrected chi connectivity index (χ3v) is 4.47. The van der Waals surface area contributed by atoms with Crippen molar-refractivity contribution in [2.45, 2.75) is 12.5 Å². The Kier molecular flexibility index (Phi) is 5.77. The van der Waals surface area contributed by atoms with Gasteiger partial charge in [0.05, 0.1) is 5.56 Å². The van der Waals surface area contributed by atoms with Crippen molar-refractivity contribution in [3.05, 3.63) is 72.6 Å². The molecule has 0 bridgehead atoms. The highest BCUT2D eigenvalue weighted by Crippen LogP contribution is 2.33. The van der Waals surface area contributed by atoms with Crippen LogP contribution in [-0.2, 0) is 6.18 Å². The minimum atomic E-state index is -4.85. The normalized spacial score (nSPS) is 11.9. The smallest absolute Gasteiger partial charge is 0.406 e. The van der Waals surface area contributed by atoms with Gasteiger partial charge in [0, 0.05) is 23.6 Å². The number of nitrogens with one attached hydrogen (secondary N) is 2. The van der Waals surface area contributed by atoms with Crippen molar-refractivity contribution in [1.82, 2.24) is 14.4 Å². The summed E-state index contributed by atoms with van der Waals surface area (Å²) in [5.74, 6) is -0.158. The predicted octanol–water partition coefficient (Wildman–Crippen LogP) is 5.96. The molecule has 0 radical (unpaired) electrons. The average Bonchev–Trinajstić information content (AvgIpc) is 3.12. The van der Waals surface area contributed by atoms with Crippen molar-refractivity contribution >= 4 is 23.3 Å². The van der Waals surface area contributed by atoms with E-state index >= 15 is 0 Å². The predicted molar refractivity (Wildman–Crippen MR) is 109 cm³/mol. The van der Waals surface area contributed by atoms with Gasteiger partial charge < -0.3 is 10.1 Å². The molecule has 2 amide bonds. The minimum absolute atomic E-state index is 0.123. The Balaban J connectivity index is 1.58. The molecule has 0 aliphatic rings. The Morgan fingerprint density at radius 1 is 0.912 bits per heavy atom. The highest BCUT2D eigenvalue weighted by atomic mass is 19.4. The number of rotatable bonds is 4. The Hall–Kier alpha value is -4.29. The topological polar surface area (TPSA) is 80.5 Å². The van der Waals surface area contributed by atoms with Crippen LogP contribution in [0.3, 0.4) is 0 Å². The van der Waals surface area contributed by atoms with Crippen LogP contribution in [0.25, 0.3) is 17.0 Å². The Morgan fingerprint density at radius 3 is 2.21 bits per heavy atom. The van der Waals surface area contributed by atoms with E-state index in [9.17, 15) is 31.1 Å². The molecule has 34 heavy (non-hydrogen) atoms. The lowest BCUT2D eigenvalue weighted by atomic mass is 10.1. The van der Waals surface area contributed by atoms with E-state index in [2.05, 4.69) is 25.3 Å². The molecular formula is C21H13F6N5O2. The first-order valence-corrected chi connectivity index (χ1v) is 9.44. The van der Waals surface area contributed by atoms with E-state index in [1.54, 1.807) is 12.3 Å². The lowest BCUT2D eigenvalue weighted by Gasteiger charge is -2.11. The Labute approximate surface area is 187 Å². The number of fused-ring (bicyclic) bond motifs is 1. The molecule has 2 heterocycles. The zero-order chi connectivity index (χ0) is 24.5. The lowest BCUT2D eigenvalue weighted by molar-refractivity contribution is -0.274. The molecule has 0 fully saturated rings. The molecule has 0 aliphatic carbocycles. The van der Waals surface area contributed by atoms with Gasteiger partial charge in [0.2, 0.25) is 5.78 Å². The van der Waals surface area contributed by atoms with E-state index in [1.165, 1.54) is 34.9 Å². The zero-order valence-corrected chi connectivity index (χ0v) is 16.8. The molecular weight excluding hydrogens is 468 g/mol. The van der Waals surface area contributed by atoms with E-state index in [4.69, 9.17) is 0 Å². The Morgan fingerprint density at radius 2 is 1.59 bits per heavy atom. The number of alkyl halides is 6. The summed E-state index contributed by atoms with van der Waals surface area (Å²) in [7, 11) is 0. The molecule has 0 unspecified atom stereocenters. The van der Waals surface area contributed by atoms with Gasteiger partial charge in [0.25, 0.3) is 0 Å². The minimum Gasteiger partial charge on any atom is -0.406 e. The number of anilines is 2. The van der Waals surface area contributed by atoms with Crippen molar-refractivity contribution in [3.63, 3.8) is 0 Å². The van der Waals surface area contributed by atoms with Crippen molar-refractivity contribution in [2.24, 2.45) is 0 Å². The molecule has 0 saturated carbocycles. The van der Waals surface area contributed by atoms with Gasteiger partial charge in [0.15, 0.2) is 0 Å². The molecule has 0 saturated heterocycles. The second kappa shape index (κ2) is 8.57. The molecule has 2 N–H and O–H groups in total. The zero-order valence-electron chi connectivity index (χ0n) is 16.8. The van der Waals surface area contributed by atoms with Crippen LogP contribution >= 0.6 is 0 Å². The maximum atomic E-state index is 12.9. The van der Waals surface area contributed by atoms with Crippen LogP contribution in [0.5, 0.6) is 5.75 Å². The summed E-state index contributed by atoms with van der Waals surface area (Å²) in [6.07, 6.45) is -6.37. The summed E-state index contributed by atoms with van der Waals surface area (Å²) >= 11 is 0. The standard InChI is InChI=1S/C21H13F6N5O2/c22-20(23,24)13-4-2-12(3-5-13)16-17(32-11-1-10-28-18(32)30-16)31-19(33)29-14-6-8-15(9-7-14)34-21(25,26)27/h1-11H,(H2,29,31,33). The number of ether oxygens (including phenoxy) is 1. The molecule has 4 aromatic rings. The number of imidazole rings is 1. The first-order chi connectivity index (χ1) is 16.0. The van der Waals surface area contributed by atoms with Crippen molar-refractivity contribution in [3.8, 4) is 17.0 Å². The molecule has 0 spiro atoms. The fraction of sp³-hybridized carbons (Fsp3) is 0.0952. The summed E-state index contributed by atoms with van der Waals surface area (Å²) in [5, 5.41) is 5.00. The molecule has 2 aromatic carbocycles. The van der Waals surface area contributed by atoms with Crippen molar-refractivity contribution in [1.29, 1.82) is 0 Å². The third kappa shape index (κ3) is 5.19. The maximum absolute atomic E-state index is 12.9. The van der Waals surface area contributed by atoms with Gasteiger partial charge in [-0.25, -0.2) is 14.8 Å². The van der Waals surface area contributed by atoms with Crippen LogP contribution in [0.2, 0.25) is 0 Å². The lowest BCUT2D eigenvalue weighted by Crippen LogP contribution is -2.21.